The van der Waals surface area contributed by atoms with E-state index in [1.807, 2.05) is 0 Å². The molecule has 6 heteroatoms. The van der Waals surface area contributed by atoms with Crippen LogP contribution in [0.2, 0.25) is 0 Å². The molecule has 0 unspecified atom stereocenters. The average molecular weight is 330 g/mol. The number of rotatable bonds is 3. The van der Waals surface area contributed by atoms with Gasteiger partial charge in [0, 0.05) is 28.5 Å². The maximum atomic E-state index is 12.8. The van der Waals surface area contributed by atoms with E-state index in [4.69, 9.17) is 0 Å². The Morgan fingerprint density at radius 3 is 2.50 bits per heavy atom. The number of fused-ring (bicyclic) bond motifs is 1. The van der Waals surface area contributed by atoms with Gasteiger partial charge in [-0.25, -0.2) is 0 Å². The third-order valence-corrected chi connectivity index (χ3v) is 3.65. The number of Topliss-reactive ketones (excluding diaryl/α,β-unsaturated/α-hetero) is 1. The minimum atomic E-state index is -4.42. The first-order valence-corrected chi connectivity index (χ1v) is 7.19. The number of nitrogens with one attached hydrogen (secondary N) is 1. The van der Waals surface area contributed by atoms with Crippen molar-refractivity contribution in [3.05, 3.63) is 65.9 Å². The van der Waals surface area contributed by atoms with Crippen molar-refractivity contribution in [1.82, 2.24) is 4.98 Å². The summed E-state index contributed by atoms with van der Waals surface area (Å²) in [5.41, 5.74) is 1.17. The van der Waals surface area contributed by atoms with Gasteiger partial charge in [0.2, 0.25) is 0 Å². The first kappa shape index (κ1) is 16.0. The van der Waals surface area contributed by atoms with Gasteiger partial charge in [0.15, 0.2) is 5.78 Å². The number of ketones is 1. The third-order valence-electron chi connectivity index (χ3n) is 3.65. The molecule has 0 aliphatic carbocycles. The lowest BCUT2D eigenvalue weighted by molar-refractivity contribution is -0.137. The van der Waals surface area contributed by atoms with E-state index in [-0.39, 0.29) is 11.3 Å². The molecule has 0 fully saturated rings. The molecule has 24 heavy (non-hydrogen) atoms. The second-order valence-corrected chi connectivity index (χ2v) is 5.31. The van der Waals surface area contributed by atoms with Crippen molar-refractivity contribution in [1.29, 1.82) is 0 Å². The Morgan fingerprint density at radius 2 is 1.79 bits per heavy atom. The van der Waals surface area contributed by atoms with Gasteiger partial charge in [0.05, 0.1) is 11.1 Å². The number of aromatic nitrogens is 1. The number of nitrogens with zero attached hydrogens (tertiary/aromatic N) is 1. The fraction of sp³-hybridized carbons (Fsp3) is 0.111. The number of carbonyl (C=O) groups excluding carboxylic acids is 1. The van der Waals surface area contributed by atoms with Gasteiger partial charge in [-0.05, 0) is 37.3 Å². The van der Waals surface area contributed by atoms with Crippen LogP contribution in [-0.2, 0) is 6.18 Å². The van der Waals surface area contributed by atoms with Crippen LogP contribution in [0.5, 0.6) is 0 Å². The highest BCUT2D eigenvalue weighted by molar-refractivity contribution is 6.02. The van der Waals surface area contributed by atoms with E-state index in [1.54, 1.807) is 30.3 Å². The largest absolute Gasteiger partial charge is 0.416 e. The predicted octanol–water partition coefficient (Wildman–Crippen LogP) is 5.20. The number of hydrogen-bond acceptors (Lipinski definition) is 3. The van der Waals surface area contributed by atoms with Crippen molar-refractivity contribution in [2.24, 2.45) is 0 Å². The Hall–Kier alpha value is -2.89. The summed E-state index contributed by atoms with van der Waals surface area (Å²) in [6, 6.07) is 12.0. The second-order valence-electron chi connectivity index (χ2n) is 5.31. The summed E-state index contributed by atoms with van der Waals surface area (Å²) in [6.45, 7) is 1.46. The van der Waals surface area contributed by atoms with Crippen molar-refractivity contribution >= 4 is 28.1 Å². The number of hydrogen-bond donors (Lipinski definition) is 1. The average Bonchev–Trinajstić information content (AvgIpc) is 2.54. The van der Waals surface area contributed by atoms with Gasteiger partial charge in [-0.1, -0.05) is 18.2 Å². The van der Waals surface area contributed by atoms with Gasteiger partial charge < -0.3 is 5.32 Å². The van der Waals surface area contributed by atoms with Crippen LogP contribution in [0.25, 0.3) is 10.9 Å². The zero-order valence-electron chi connectivity index (χ0n) is 12.7. The van der Waals surface area contributed by atoms with Crippen LogP contribution in [0.15, 0.2) is 54.7 Å². The summed E-state index contributed by atoms with van der Waals surface area (Å²) in [5.74, 6) is -0.101. The molecule has 0 spiro atoms. The van der Waals surface area contributed by atoms with E-state index in [9.17, 15) is 18.0 Å². The summed E-state index contributed by atoms with van der Waals surface area (Å²) in [6.07, 6.45) is -2.98. The highest BCUT2D eigenvalue weighted by Gasteiger charge is 2.30. The van der Waals surface area contributed by atoms with E-state index in [2.05, 4.69) is 10.3 Å². The Balaban J connectivity index is 2.07. The highest BCUT2D eigenvalue weighted by atomic mass is 19.4. The maximum absolute atomic E-state index is 12.8. The molecule has 0 aliphatic heterocycles. The lowest BCUT2D eigenvalue weighted by atomic mass is 10.1. The highest BCUT2D eigenvalue weighted by Crippen LogP contribution is 2.33. The summed E-state index contributed by atoms with van der Waals surface area (Å²) in [4.78, 5) is 15.7. The van der Waals surface area contributed by atoms with Crippen LogP contribution < -0.4 is 5.32 Å². The van der Waals surface area contributed by atoms with E-state index in [0.717, 1.165) is 12.1 Å². The van der Waals surface area contributed by atoms with Gasteiger partial charge in [0.25, 0.3) is 0 Å². The molecule has 0 bridgehead atoms. The molecule has 3 rings (SSSR count). The number of carbonyl (C=O) groups is 1. The summed E-state index contributed by atoms with van der Waals surface area (Å²) < 4.78 is 38.5. The van der Waals surface area contributed by atoms with Crippen molar-refractivity contribution in [2.45, 2.75) is 13.1 Å². The monoisotopic (exact) mass is 330 g/mol. The number of benzene rings is 2. The lowest BCUT2D eigenvalue weighted by Gasteiger charge is -2.13. The molecular formula is C18H13F3N2O. The van der Waals surface area contributed by atoms with Gasteiger partial charge in [-0.3, -0.25) is 9.78 Å². The Kier molecular flexibility index (Phi) is 3.97. The zero-order chi connectivity index (χ0) is 17.3. The van der Waals surface area contributed by atoms with Gasteiger partial charge in [-0.15, -0.1) is 0 Å². The smallest absolute Gasteiger partial charge is 0.354 e. The molecule has 122 valence electrons. The summed E-state index contributed by atoms with van der Waals surface area (Å²) >= 11 is 0. The van der Waals surface area contributed by atoms with Crippen molar-refractivity contribution in [3.63, 3.8) is 0 Å². The number of pyridine rings is 1. The minimum absolute atomic E-state index is 0.101. The van der Waals surface area contributed by atoms with E-state index >= 15 is 0 Å². The molecule has 1 N–H and O–H groups in total. The fourth-order valence-electron chi connectivity index (χ4n) is 2.48. The maximum Gasteiger partial charge on any atom is 0.416 e. The van der Waals surface area contributed by atoms with Crippen molar-refractivity contribution in [3.8, 4) is 0 Å². The molecule has 3 aromatic rings. The molecule has 1 heterocycles. The number of halogens is 3. The van der Waals surface area contributed by atoms with Gasteiger partial charge in [0.1, 0.15) is 0 Å². The third kappa shape index (κ3) is 3.08. The second kappa shape index (κ2) is 5.96. The fourth-order valence-corrected chi connectivity index (χ4v) is 2.48. The van der Waals surface area contributed by atoms with E-state index in [0.29, 0.717) is 22.3 Å². The molecule has 2 aromatic carbocycles. The Labute approximate surface area is 136 Å². The predicted molar refractivity (Wildman–Crippen MR) is 86.5 cm³/mol. The Bertz CT molecular complexity index is 920. The van der Waals surface area contributed by atoms with Crippen molar-refractivity contribution < 1.29 is 18.0 Å². The minimum Gasteiger partial charge on any atom is -0.354 e. The van der Waals surface area contributed by atoms with Crippen molar-refractivity contribution in [2.75, 3.05) is 5.32 Å². The Morgan fingerprint density at radius 1 is 1.04 bits per heavy atom. The molecule has 0 atom stereocenters. The summed E-state index contributed by atoms with van der Waals surface area (Å²) in [5, 5.41) is 3.66. The van der Waals surface area contributed by atoms with Crippen LogP contribution in [0.4, 0.5) is 24.5 Å². The molecule has 1 aromatic heterocycles. The van der Waals surface area contributed by atoms with E-state index < -0.39 is 11.7 Å². The molecular weight excluding hydrogens is 317 g/mol. The number of para-hydroxylation sites is 1. The van der Waals surface area contributed by atoms with Crippen LogP contribution in [-0.4, -0.2) is 10.8 Å². The van der Waals surface area contributed by atoms with Gasteiger partial charge in [-0.2, -0.15) is 13.2 Å². The number of anilines is 2. The topological polar surface area (TPSA) is 42.0 Å². The first-order valence-electron chi connectivity index (χ1n) is 7.19. The normalized spacial score (nSPS) is 11.5. The summed E-state index contributed by atoms with van der Waals surface area (Å²) in [7, 11) is 0. The van der Waals surface area contributed by atoms with Gasteiger partial charge >= 0.3 is 6.18 Å². The van der Waals surface area contributed by atoms with Crippen LogP contribution in [0, 0.1) is 0 Å². The first-order chi connectivity index (χ1) is 11.4. The van der Waals surface area contributed by atoms with Crippen LogP contribution in [0.1, 0.15) is 22.8 Å². The van der Waals surface area contributed by atoms with Crippen LogP contribution in [0.3, 0.4) is 0 Å². The van der Waals surface area contributed by atoms with E-state index in [1.165, 1.54) is 19.2 Å². The lowest BCUT2D eigenvalue weighted by Crippen LogP contribution is -2.05. The molecule has 0 radical (unpaired) electrons. The molecule has 0 aliphatic rings. The standard InChI is InChI=1S/C18H13F3N2O/c1-11(24)13-4-2-3-5-15(13)23-16-8-9-22-17-10-12(18(19,20)21)6-7-14(16)17/h2-10H,1H3,(H,22,23). The molecule has 0 saturated heterocycles. The zero-order valence-corrected chi connectivity index (χ0v) is 12.7. The molecule has 3 nitrogen and oxygen atoms in total. The molecule has 0 amide bonds. The van der Waals surface area contributed by atoms with Crippen LogP contribution >= 0.6 is 0 Å². The SMILES string of the molecule is CC(=O)c1ccccc1Nc1ccnc2cc(C(F)(F)F)ccc12. The molecule has 0 saturated carbocycles. The quantitative estimate of drug-likeness (QED) is 0.671. The number of alkyl halides is 3.